The van der Waals surface area contributed by atoms with E-state index in [1.54, 1.807) is 36.6 Å². The molecule has 1 amide bonds. The van der Waals surface area contributed by atoms with E-state index in [4.69, 9.17) is 4.74 Å². The number of aromatic nitrogens is 3. The van der Waals surface area contributed by atoms with E-state index in [-0.39, 0.29) is 5.91 Å². The van der Waals surface area contributed by atoms with Crippen LogP contribution in [0.25, 0.3) is 21.5 Å². The number of hydrogen-bond donors (Lipinski definition) is 2. The number of anilines is 1. The van der Waals surface area contributed by atoms with Crippen molar-refractivity contribution in [2.75, 3.05) is 12.4 Å². The summed E-state index contributed by atoms with van der Waals surface area (Å²) in [5, 5.41) is 12.8. The number of para-hydroxylation sites is 1. The summed E-state index contributed by atoms with van der Waals surface area (Å²) in [6.45, 7) is 0. The Kier molecular flexibility index (Phi) is 3.91. The van der Waals surface area contributed by atoms with Crippen LogP contribution in [0.1, 0.15) is 10.5 Å². The van der Waals surface area contributed by atoms with Crippen LogP contribution in [0.5, 0.6) is 5.88 Å². The monoisotopic (exact) mass is 350 g/mol. The van der Waals surface area contributed by atoms with Crippen molar-refractivity contribution in [1.29, 1.82) is 0 Å². The van der Waals surface area contributed by atoms with Crippen molar-refractivity contribution in [1.82, 2.24) is 15.2 Å². The predicted molar refractivity (Wildman–Crippen MR) is 98.1 cm³/mol. The van der Waals surface area contributed by atoms with Crippen LogP contribution in [-0.4, -0.2) is 28.2 Å². The van der Waals surface area contributed by atoms with Crippen molar-refractivity contribution in [3.05, 3.63) is 59.6 Å². The first kappa shape index (κ1) is 15.3. The van der Waals surface area contributed by atoms with Crippen LogP contribution < -0.4 is 10.1 Å². The Balaban J connectivity index is 1.64. The second-order valence-corrected chi connectivity index (χ2v) is 6.28. The van der Waals surface area contributed by atoms with E-state index < -0.39 is 0 Å². The quantitative estimate of drug-likeness (QED) is 0.584. The van der Waals surface area contributed by atoms with Crippen molar-refractivity contribution in [3.8, 4) is 16.5 Å². The minimum atomic E-state index is -0.295. The lowest BCUT2D eigenvalue weighted by Crippen LogP contribution is -2.13. The van der Waals surface area contributed by atoms with Crippen molar-refractivity contribution in [2.24, 2.45) is 0 Å². The molecule has 0 saturated heterocycles. The van der Waals surface area contributed by atoms with Crippen molar-refractivity contribution >= 4 is 33.8 Å². The normalized spacial score (nSPS) is 10.8. The number of carbonyl (C=O) groups is 1. The number of thiophene rings is 1. The molecule has 0 unspecified atom stereocenters. The minimum absolute atomic E-state index is 0.295. The highest BCUT2D eigenvalue weighted by atomic mass is 32.1. The summed E-state index contributed by atoms with van der Waals surface area (Å²) in [5.74, 6) is 0.199. The Labute approximate surface area is 147 Å². The van der Waals surface area contributed by atoms with E-state index in [0.29, 0.717) is 22.8 Å². The van der Waals surface area contributed by atoms with Gasteiger partial charge in [-0.25, -0.2) is 4.98 Å². The predicted octanol–water partition coefficient (Wildman–Crippen LogP) is 3.95. The van der Waals surface area contributed by atoms with E-state index in [9.17, 15) is 4.79 Å². The fourth-order valence-corrected chi connectivity index (χ4v) is 3.22. The van der Waals surface area contributed by atoms with Crippen LogP contribution in [0, 0.1) is 0 Å². The van der Waals surface area contributed by atoms with Crippen LogP contribution >= 0.6 is 11.3 Å². The highest BCUT2D eigenvalue weighted by Gasteiger charge is 2.14. The van der Waals surface area contributed by atoms with Gasteiger partial charge in [-0.1, -0.05) is 18.2 Å². The number of carbonyl (C=O) groups excluding carboxylic acids is 1. The average molecular weight is 350 g/mol. The van der Waals surface area contributed by atoms with Gasteiger partial charge in [-0.2, -0.15) is 5.10 Å². The zero-order valence-corrected chi connectivity index (χ0v) is 14.1. The maximum Gasteiger partial charge on any atom is 0.276 e. The van der Waals surface area contributed by atoms with E-state index in [2.05, 4.69) is 20.5 Å². The van der Waals surface area contributed by atoms with Gasteiger partial charge in [0.1, 0.15) is 0 Å². The molecule has 3 aromatic heterocycles. The summed E-state index contributed by atoms with van der Waals surface area (Å²) in [5.41, 5.74) is 2.42. The smallest absolute Gasteiger partial charge is 0.276 e. The Morgan fingerprint density at radius 2 is 2.12 bits per heavy atom. The molecule has 0 radical (unpaired) electrons. The number of pyridine rings is 1. The van der Waals surface area contributed by atoms with Gasteiger partial charge < -0.3 is 10.1 Å². The molecule has 0 spiro atoms. The third-order valence-corrected chi connectivity index (χ3v) is 4.65. The number of benzene rings is 1. The number of fused-ring (bicyclic) bond motifs is 1. The number of amides is 1. The molecule has 4 rings (SSSR count). The maximum absolute atomic E-state index is 12.5. The van der Waals surface area contributed by atoms with Crippen LogP contribution in [-0.2, 0) is 0 Å². The summed E-state index contributed by atoms with van der Waals surface area (Å²) in [4.78, 5) is 18.0. The van der Waals surface area contributed by atoms with Crippen LogP contribution in [0.2, 0.25) is 0 Å². The first-order chi connectivity index (χ1) is 12.2. The SMILES string of the molecule is COc1ccc2cccc(NC(=O)c3cc(-c4cccs4)[nH]n3)c2n1. The van der Waals surface area contributed by atoms with E-state index >= 15 is 0 Å². The van der Waals surface area contributed by atoms with Gasteiger partial charge in [0.15, 0.2) is 5.69 Å². The molecule has 4 aromatic rings. The molecule has 2 N–H and O–H groups in total. The maximum atomic E-state index is 12.5. The van der Waals surface area contributed by atoms with Crippen LogP contribution in [0.15, 0.2) is 53.9 Å². The first-order valence-electron chi connectivity index (χ1n) is 7.59. The molecule has 0 atom stereocenters. The lowest BCUT2D eigenvalue weighted by atomic mass is 10.2. The molecule has 0 saturated carbocycles. The minimum Gasteiger partial charge on any atom is -0.481 e. The number of rotatable bonds is 4. The standard InChI is InChI=1S/C18H14N4O2S/c1-24-16-8-7-11-4-2-5-12(17(11)20-16)19-18(23)14-10-13(21-22-14)15-6-3-9-25-15/h2-10H,1H3,(H,19,23)(H,21,22). The molecule has 0 bridgehead atoms. The Bertz CT molecular complexity index is 1040. The van der Waals surface area contributed by atoms with Gasteiger partial charge in [-0.3, -0.25) is 9.89 Å². The zero-order valence-electron chi connectivity index (χ0n) is 13.3. The Morgan fingerprint density at radius 1 is 1.20 bits per heavy atom. The van der Waals surface area contributed by atoms with Gasteiger partial charge in [0.2, 0.25) is 5.88 Å². The van der Waals surface area contributed by atoms with Crippen LogP contribution in [0.3, 0.4) is 0 Å². The Morgan fingerprint density at radius 3 is 2.92 bits per heavy atom. The average Bonchev–Trinajstić information content (AvgIpc) is 3.33. The number of hydrogen-bond acceptors (Lipinski definition) is 5. The lowest BCUT2D eigenvalue weighted by Gasteiger charge is -2.08. The molecule has 0 aliphatic carbocycles. The van der Waals surface area contributed by atoms with Gasteiger partial charge in [0, 0.05) is 11.5 Å². The van der Waals surface area contributed by atoms with Crippen molar-refractivity contribution < 1.29 is 9.53 Å². The lowest BCUT2D eigenvalue weighted by molar-refractivity contribution is 0.102. The van der Waals surface area contributed by atoms with Gasteiger partial charge in [0.05, 0.1) is 28.9 Å². The summed E-state index contributed by atoms with van der Waals surface area (Å²) < 4.78 is 5.17. The fraction of sp³-hybridized carbons (Fsp3) is 0.0556. The second-order valence-electron chi connectivity index (χ2n) is 5.33. The van der Waals surface area contributed by atoms with Gasteiger partial charge in [-0.05, 0) is 29.6 Å². The fourth-order valence-electron chi connectivity index (χ4n) is 2.53. The molecular weight excluding hydrogens is 336 g/mol. The van der Waals surface area contributed by atoms with Gasteiger partial charge >= 0.3 is 0 Å². The summed E-state index contributed by atoms with van der Waals surface area (Å²) >= 11 is 1.58. The van der Waals surface area contributed by atoms with Gasteiger partial charge in [-0.15, -0.1) is 11.3 Å². The Hall–Kier alpha value is -3.19. The molecule has 1 aromatic carbocycles. The highest BCUT2D eigenvalue weighted by Crippen LogP contribution is 2.26. The summed E-state index contributed by atoms with van der Waals surface area (Å²) in [6.07, 6.45) is 0. The van der Waals surface area contributed by atoms with Gasteiger partial charge in [0.25, 0.3) is 5.91 Å². The molecule has 0 fully saturated rings. The number of nitrogens with one attached hydrogen (secondary N) is 2. The molecule has 3 heterocycles. The molecule has 25 heavy (non-hydrogen) atoms. The zero-order chi connectivity index (χ0) is 17.2. The van der Waals surface area contributed by atoms with Crippen LogP contribution in [0.4, 0.5) is 5.69 Å². The van der Waals surface area contributed by atoms with Crippen molar-refractivity contribution in [2.45, 2.75) is 0 Å². The largest absolute Gasteiger partial charge is 0.481 e. The van der Waals surface area contributed by atoms with E-state index in [1.807, 2.05) is 35.7 Å². The third-order valence-electron chi connectivity index (χ3n) is 3.75. The molecule has 0 aliphatic rings. The first-order valence-corrected chi connectivity index (χ1v) is 8.47. The second kappa shape index (κ2) is 6.37. The topological polar surface area (TPSA) is 79.9 Å². The third kappa shape index (κ3) is 2.97. The highest BCUT2D eigenvalue weighted by molar-refractivity contribution is 7.13. The van der Waals surface area contributed by atoms with Crippen molar-refractivity contribution in [3.63, 3.8) is 0 Å². The molecular formula is C18H14N4O2S. The number of ether oxygens (including phenoxy) is 1. The van der Waals surface area contributed by atoms with E-state index in [0.717, 1.165) is 16.0 Å². The molecule has 6 nitrogen and oxygen atoms in total. The number of methoxy groups -OCH3 is 1. The van der Waals surface area contributed by atoms with E-state index in [1.165, 1.54) is 0 Å². The number of H-pyrrole nitrogens is 1. The summed E-state index contributed by atoms with van der Waals surface area (Å²) in [6, 6.07) is 15.0. The molecule has 0 aliphatic heterocycles. The molecule has 124 valence electrons. The summed E-state index contributed by atoms with van der Waals surface area (Å²) in [7, 11) is 1.56. The number of nitrogens with zero attached hydrogens (tertiary/aromatic N) is 2. The molecule has 7 heteroatoms. The number of aromatic amines is 1.